The van der Waals surface area contributed by atoms with Gasteiger partial charge in [-0.15, -0.1) is 13.2 Å². The molecule has 0 atom stereocenters. The predicted octanol–water partition coefficient (Wildman–Crippen LogP) is 3.20. The van der Waals surface area contributed by atoms with E-state index in [0.717, 1.165) is 11.1 Å². The smallest absolute Gasteiger partial charge is 0.406 e. The van der Waals surface area contributed by atoms with Crippen LogP contribution in [0.5, 0.6) is 5.75 Å². The Morgan fingerprint density at radius 3 is 2.15 bits per heavy atom. The van der Waals surface area contributed by atoms with Gasteiger partial charge in [0.15, 0.2) is 0 Å². The molecule has 0 radical (unpaired) electrons. The summed E-state index contributed by atoms with van der Waals surface area (Å²) in [5.41, 5.74) is 1.72. The molecule has 0 bridgehead atoms. The van der Waals surface area contributed by atoms with Crippen molar-refractivity contribution in [3.05, 3.63) is 29.3 Å². The molecule has 1 nitrogen and oxygen atoms in total. The second-order valence-electron chi connectivity index (χ2n) is 2.79. The van der Waals surface area contributed by atoms with Crippen molar-refractivity contribution in [2.24, 2.45) is 0 Å². The standard InChI is InChI=1S/C9H9F3O/c1-6-3-4-8(5-7(6)2)13-9(10,11)12/h3-5H,1-2H3. The number of ether oxygens (including phenoxy) is 1. The second kappa shape index (κ2) is 3.28. The number of hydrogen-bond acceptors (Lipinski definition) is 1. The van der Waals surface area contributed by atoms with Gasteiger partial charge in [-0.2, -0.15) is 0 Å². The minimum absolute atomic E-state index is 0.171. The molecule has 0 saturated carbocycles. The second-order valence-corrected chi connectivity index (χ2v) is 2.79. The van der Waals surface area contributed by atoms with E-state index in [2.05, 4.69) is 4.74 Å². The Hall–Kier alpha value is -1.19. The van der Waals surface area contributed by atoms with Crippen molar-refractivity contribution < 1.29 is 17.9 Å². The third-order valence-corrected chi connectivity index (χ3v) is 1.71. The highest BCUT2D eigenvalue weighted by atomic mass is 19.4. The first kappa shape index (κ1) is 9.89. The number of aryl methyl sites for hydroxylation is 2. The number of alkyl halides is 3. The Balaban J connectivity index is 2.86. The zero-order chi connectivity index (χ0) is 10.1. The lowest BCUT2D eigenvalue weighted by Gasteiger charge is -2.09. The lowest BCUT2D eigenvalue weighted by molar-refractivity contribution is -0.274. The zero-order valence-electron chi connectivity index (χ0n) is 7.27. The first-order valence-electron chi connectivity index (χ1n) is 3.71. The van der Waals surface area contributed by atoms with E-state index in [4.69, 9.17) is 0 Å². The summed E-state index contributed by atoms with van der Waals surface area (Å²) in [7, 11) is 0. The Kier molecular flexibility index (Phi) is 2.50. The molecule has 0 unspecified atom stereocenters. The predicted molar refractivity (Wildman–Crippen MR) is 42.6 cm³/mol. The van der Waals surface area contributed by atoms with Crippen LogP contribution in [0.25, 0.3) is 0 Å². The molecule has 0 N–H and O–H groups in total. The largest absolute Gasteiger partial charge is 0.573 e. The highest BCUT2D eigenvalue weighted by Crippen LogP contribution is 2.24. The number of rotatable bonds is 1. The van der Waals surface area contributed by atoms with Gasteiger partial charge in [-0.25, -0.2) is 0 Å². The Morgan fingerprint density at radius 2 is 1.69 bits per heavy atom. The molecule has 0 aliphatic heterocycles. The zero-order valence-corrected chi connectivity index (χ0v) is 7.27. The molecule has 1 rings (SSSR count). The number of halogens is 3. The van der Waals surface area contributed by atoms with E-state index >= 15 is 0 Å². The van der Waals surface area contributed by atoms with Crippen molar-refractivity contribution in [2.45, 2.75) is 20.2 Å². The molecule has 13 heavy (non-hydrogen) atoms. The summed E-state index contributed by atoms with van der Waals surface area (Å²) in [6.07, 6.45) is -4.61. The fourth-order valence-electron chi connectivity index (χ4n) is 0.911. The van der Waals surface area contributed by atoms with E-state index in [1.165, 1.54) is 12.1 Å². The molecule has 1 aromatic carbocycles. The van der Waals surface area contributed by atoms with Gasteiger partial charge in [-0.3, -0.25) is 0 Å². The third-order valence-electron chi connectivity index (χ3n) is 1.71. The minimum atomic E-state index is -4.61. The van der Waals surface area contributed by atoms with E-state index < -0.39 is 6.36 Å². The quantitative estimate of drug-likeness (QED) is 0.660. The number of hydrogen-bond donors (Lipinski definition) is 0. The molecule has 1 aromatic rings. The van der Waals surface area contributed by atoms with Crippen molar-refractivity contribution in [1.82, 2.24) is 0 Å². The molecule has 0 saturated heterocycles. The van der Waals surface area contributed by atoms with E-state index in [1.54, 1.807) is 13.0 Å². The van der Waals surface area contributed by atoms with Gasteiger partial charge in [-0.1, -0.05) is 6.07 Å². The summed E-state index contributed by atoms with van der Waals surface area (Å²) >= 11 is 0. The Labute approximate surface area is 74.1 Å². The summed E-state index contributed by atoms with van der Waals surface area (Å²) in [5, 5.41) is 0. The molecule has 0 aromatic heterocycles. The van der Waals surface area contributed by atoms with Crippen molar-refractivity contribution in [1.29, 1.82) is 0 Å². The first-order valence-corrected chi connectivity index (χ1v) is 3.71. The van der Waals surface area contributed by atoms with Crippen molar-refractivity contribution in [2.75, 3.05) is 0 Å². The van der Waals surface area contributed by atoms with Gasteiger partial charge in [0.05, 0.1) is 0 Å². The van der Waals surface area contributed by atoms with Gasteiger partial charge in [0.1, 0.15) is 5.75 Å². The van der Waals surface area contributed by atoms with Crippen LogP contribution < -0.4 is 4.74 Å². The van der Waals surface area contributed by atoms with Crippen LogP contribution in [0.3, 0.4) is 0 Å². The summed E-state index contributed by atoms with van der Waals surface area (Å²) in [4.78, 5) is 0. The van der Waals surface area contributed by atoms with Crippen LogP contribution in [-0.4, -0.2) is 6.36 Å². The van der Waals surface area contributed by atoms with Gasteiger partial charge in [0.2, 0.25) is 0 Å². The van der Waals surface area contributed by atoms with Gasteiger partial charge < -0.3 is 4.74 Å². The lowest BCUT2D eigenvalue weighted by Crippen LogP contribution is -2.17. The number of benzene rings is 1. The summed E-state index contributed by atoms with van der Waals surface area (Å²) in [5.74, 6) is -0.171. The average Bonchev–Trinajstić information content (AvgIpc) is 1.94. The highest BCUT2D eigenvalue weighted by Gasteiger charge is 2.31. The lowest BCUT2D eigenvalue weighted by atomic mass is 10.1. The fraction of sp³-hybridized carbons (Fsp3) is 0.333. The SMILES string of the molecule is Cc1ccc(OC(F)(F)F)cc1C. The fourth-order valence-corrected chi connectivity index (χ4v) is 0.911. The van der Waals surface area contributed by atoms with Crippen LogP contribution >= 0.6 is 0 Å². The minimum Gasteiger partial charge on any atom is -0.406 e. The third kappa shape index (κ3) is 2.97. The normalized spacial score (nSPS) is 11.5. The monoisotopic (exact) mass is 190 g/mol. The van der Waals surface area contributed by atoms with Crippen LogP contribution in [0.4, 0.5) is 13.2 Å². The molecule has 0 amide bonds. The molecule has 0 aliphatic carbocycles. The van der Waals surface area contributed by atoms with Crippen LogP contribution in [0.15, 0.2) is 18.2 Å². The maximum absolute atomic E-state index is 11.8. The first-order chi connectivity index (χ1) is 5.88. The summed E-state index contributed by atoms with van der Waals surface area (Å²) < 4.78 is 39.0. The van der Waals surface area contributed by atoms with Gasteiger partial charge in [-0.05, 0) is 37.1 Å². The molecule has 0 heterocycles. The average molecular weight is 190 g/mol. The topological polar surface area (TPSA) is 9.23 Å². The molecule has 72 valence electrons. The van der Waals surface area contributed by atoms with Crippen LogP contribution in [0.1, 0.15) is 11.1 Å². The molecule has 0 fully saturated rings. The van der Waals surface area contributed by atoms with Crippen LogP contribution in [0, 0.1) is 13.8 Å². The molecular weight excluding hydrogens is 181 g/mol. The van der Waals surface area contributed by atoms with Gasteiger partial charge in [0.25, 0.3) is 0 Å². The van der Waals surface area contributed by atoms with Crippen molar-refractivity contribution in [3.63, 3.8) is 0 Å². The maximum atomic E-state index is 11.8. The summed E-state index contributed by atoms with van der Waals surface area (Å²) in [6, 6.07) is 4.26. The van der Waals surface area contributed by atoms with Gasteiger partial charge >= 0.3 is 6.36 Å². The van der Waals surface area contributed by atoms with Gasteiger partial charge in [0, 0.05) is 0 Å². The van der Waals surface area contributed by atoms with Crippen LogP contribution in [-0.2, 0) is 0 Å². The maximum Gasteiger partial charge on any atom is 0.573 e. The van der Waals surface area contributed by atoms with Crippen LogP contribution in [0.2, 0.25) is 0 Å². The Bertz CT molecular complexity index is 304. The van der Waals surface area contributed by atoms with E-state index in [9.17, 15) is 13.2 Å². The van der Waals surface area contributed by atoms with Crippen molar-refractivity contribution in [3.8, 4) is 5.75 Å². The molecular formula is C9H9F3O. The Morgan fingerprint density at radius 1 is 1.08 bits per heavy atom. The van der Waals surface area contributed by atoms with E-state index in [0.29, 0.717) is 0 Å². The summed E-state index contributed by atoms with van der Waals surface area (Å²) in [6.45, 7) is 3.56. The molecule has 0 spiro atoms. The van der Waals surface area contributed by atoms with E-state index in [-0.39, 0.29) is 5.75 Å². The van der Waals surface area contributed by atoms with Crippen molar-refractivity contribution >= 4 is 0 Å². The van der Waals surface area contributed by atoms with E-state index in [1.807, 2.05) is 6.92 Å². The molecule has 0 aliphatic rings. The molecule has 4 heteroatoms. The highest BCUT2D eigenvalue weighted by molar-refractivity contribution is 5.33.